The van der Waals surface area contributed by atoms with E-state index in [1.807, 2.05) is 0 Å². The molecule has 3 N–H and O–H groups in total. The summed E-state index contributed by atoms with van der Waals surface area (Å²) in [7, 11) is 0. The third kappa shape index (κ3) is 5.17. The van der Waals surface area contributed by atoms with Gasteiger partial charge in [-0.25, -0.2) is 14.0 Å². The van der Waals surface area contributed by atoms with Crippen LogP contribution in [0.25, 0.3) is 0 Å². The van der Waals surface area contributed by atoms with Gasteiger partial charge in [-0.05, 0) is 31.0 Å². The summed E-state index contributed by atoms with van der Waals surface area (Å²) in [5.41, 5.74) is 0.00444. The largest absolute Gasteiger partial charge is 0.478 e. The highest BCUT2D eigenvalue weighted by molar-refractivity contribution is 5.88. The lowest BCUT2D eigenvalue weighted by atomic mass is 10.00. The quantitative estimate of drug-likeness (QED) is 0.666. The molecule has 2 unspecified atom stereocenters. The van der Waals surface area contributed by atoms with Crippen LogP contribution in [0.4, 0.5) is 9.18 Å². The van der Waals surface area contributed by atoms with E-state index in [1.54, 1.807) is 0 Å². The van der Waals surface area contributed by atoms with Gasteiger partial charge in [0.25, 0.3) is 0 Å². The van der Waals surface area contributed by atoms with E-state index in [0.717, 1.165) is 6.07 Å². The number of aromatic carboxylic acids is 1. The van der Waals surface area contributed by atoms with Crippen molar-refractivity contribution in [1.82, 2.24) is 5.32 Å². The molecule has 6 nitrogen and oxygen atoms in total. The molecule has 0 spiro atoms. The van der Waals surface area contributed by atoms with E-state index in [-0.39, 0.29) is 13.0 Å². The fraction of sp³-hybridized carbons (Fsp3) is 0.333. The first-order chi connectivity index (χ1) is 10.3. The van der Waals surface area contributed by atoms with Crippen molar-refractivity contribution in [3.8, 4) is 0 Å². The van der Waals surface area contributed by atoms with Gasteiger partial charge in [-0.2, -0.15) is 0 Å². The first-order valence-electron chi connectivity index (χ1n) is 6.59. The molecule has 1 amide bonds. The maximum absolute atomic E-state index is 13.3. The van der Waals surface area contributed by atoms with Crippen molar-refractivity contribution < 1.29 is 28.9 Å². The number of amides is 1. The van der Waals surface area contributed by atoms with Gasteiger partial charge >= 0.3 is 12.1 Å². The van der Waals surface area contributed by atoms with E-state index in [0.29, 0.717) is 5.56 Å². The second kappa shape index (κ2) is 8.14. The van der Waals surface area contributed by atoms with Crippen molar-refractivity contribution in [1.29, 1.82) is 0 Å². The number of carbonyl (C=O) groups is 2. The third-order valence-corrected chi connectivity index (χ3v) is 2.93. The predicted octanol–water partition coefficient (Wildman–Crippen LogP) is 1.73. The first-order valence-corrected chi connectivity index (χ1v) is 6.59. The fourth-order valence-corrected chi connectivity index (χ4v) is 1.79. The van der Waals surface area contributed by atoms with Gasteiger partial charge < -0.3 is 20.3 Å². The molecule has 0 aromatic heterocycles. The number of hydrogen-bond donors (Lipinski definition) is 3. The normalized spacial score (nSPS) is 13.0. The molecule has 1 rings (SSSR count). The minimum Gasteiger partial charge on any atom is -0.478 e. The molecule has 0 radical (unpaired) electrons. The van der Waals surface area contributed by atoms with Gasteiger partial charge in [-0.3, -0.25) is 0 Å². The number of carboxylic acid groups (broad SMARTS) is 1. The second-order valence-corrected chi connectivity index (χ2v) is 4.70. The molecule has 0 aliphatic carbocycles. The maximum atomic E-state index is 13.3. The summed E-state index contributed by atoms with van der Waals surface area (Å²) in [6.45, 7) is 4.90. The molecule has 0 saturated heterocycles. The number of alkyl carbamates (subject to hydrolysis) is 1. The van der Waals surface area contributed by atoms with Gasteiger partial charge in [0.15, 0.2) is 0 Å². The van der Waals surface area contributed by atoms with Gasteiger partial charge in [0.1, 0.15) is 12.4 Å². The van der Waals surface area contributed by atoms with Crippen molar-refractivity contribution in [2.45, 2.75) is 25.5 Å². The van der Waals surface area contributed by atoms with Gasteiger partial charge in [0.05, 0.1) is 17.7 Å². The summed E-state index contributed by atoms with van der Waals surface area (Å²) in [6.07, 6.45) is -0.113. The number of nitrogens with one attached hydrogen (secondary N) is 1. The van der Waals surface area contributed by atoms with E-state index in [4.69, 9.17) is 9.84 Å². The van der Waals surface area contributed by atoms with E-state index in [9.17, 15) is 19.1 Å². The molecule has 0 aliphatic heterocycles. The zero-order valence-electron chi connectivity index (χ0n) is 12.1. The van der Waals surface area contributed by atoms with Crippen LogP contribution in [0.3, 0.4) is 0 Å². The Morgan fingerprint density at radius 3 is 2.73 bits per heavy atom. The summed E-state index contributed by atoms with van der Waals surface area (Å²) in [6, 6.07) is 2.90. The first kappa shape index (κ1) is 17.6. The van der Waals surface area contributed by atoms with Crippen molar-refractivity contribution in [2.75, 3.05) is 6.61 Å². The summed E-state index contributed by atoms with van der Waals surface area (Å²) in [5.74, 6) is -2.23. The monoisotopic (exact) mass is 311 g/mol. The fourth-order valence-electron chi connectivity index (χ4n) is 1.79. The molecule has 0 aliphatic rings. The van der Waals surface area contributed by atoms with Crippen LogP contribution in [0, 0.1) is 5.82 Å². The number of halogens is 1. The van der Waals surface area contributed by atoms with E-state index < -0.39 is 35.6 Å². The highest BCUT2D eigenvalue weighted by atomic mass is 19.1. The molecular formula is C15H18FNO5. The van der Waals surface area contributed by atoms with Crippen molar-refractivity contribution in [3.05, 3.63) is 47.8 Å². The van der Waals surface area contributed by atoms with Crippen LogP contribution in [0.5, 0.6) is 0 Å². The highest BCUT2D eigenvalue weighted by Crippen LogP contribution is 2.13. The number of ether oxygens (including phenoxy) is 1. The van der Waals surface area contributed by atoms with Gasteiger partial charge in [-0.15, -0.1) is 0 Å². The summed E-state index contributed by atoms with van der Waals surface area (Å²) >= 11 is 0. The van der Waals surface area contributed by atoms with Gasteiger partial charge in [0, 0.05) is 0 Å². The molecule has 0 fully saturated rings. The van der Waals surface area contributed by atoms with Crippen LogP contribution in [-0.4, -0.2) is 41.0 Å². The number of aliphatic hydroxyl groups is 1. The Hall–Kier alpha value is -2.41. The molecule has 120 valence electrons. The number of carboxylic acids is 1. The summed E-state index contributed by atoms with van der Waals surface area (Å²) < 4.78 is 18.1. The molecule has 2 atom stereocenters. The van der Waals surface area contributed by atoms with E-state index in [1.165, 1.54) is 25.1 Å². The van der Waals surface area contributed by atoms with E-state index in [2.05, 4.69) is 11.9 Å². The smallest absolute Gasteiger partial charge is 0.407 e. The van der Waals surface area contributed by atoms with Gasteiger partial charge in [-0.1, -0.05) is 18.7 Å². The molecule has 0 heterocycles. The Morgan fingerprint density at radius 2 is 2.18 bits per heavy atom. The second-order valence-electron chi connectivity index (χ2n) is 4.70. The molecule has 7 heteroatoms. The number of carbonyl (C=O) groups excluding carboxylic acids is 1. The van der Waals surface area contributed by atoms with Crippen molar-refractivity contribution >= 4 is 12.1 Å². The molecule has 1 aromatic carbocycles. The molecule has 0 saturated carbocycles. The average Bonchev–Trinajstić information content (AvgIpc) is 2.45. The number of rotatable bonds is 7. The molecular weight excluding hydrogens is 293 g/mol. The van der Waals surface area contributed by atoms with Crippen molar-refractivity contribution in [2.24, 2.45) is 0 Å². The lowest BCUT2D eigenvalue weighted by Crippen LogP contribution is -2.43. The Balaban J connectivity index is 2.83. The Morgan fingerprint density at radius 1 is 1.50 bits per heavy atom. The Kier molecular flexibility index (Phi) is 6.52. The predicted molar refractivity (Wildman–Crippen MR) is 77.2 cm³/mol. The zero-order valence-corrected chi connectivity index (χ0v) is 12.1. The number of aliphatic hydroxyl groups excluding tert-OH is 1. The topological polar surface area (TPSA) is 95.9 Å². The van der Waals surface area contributed by atoms with Crippen LogP contribution < -0.4 is 5.32 Å². The van der Waals surface area contributed by atoms with Crippen LogP contribution in [0.2, 0.25) is 0 Å². The summed E-state index contributed by atoms with van der Waals surface area (Å²) in [4.78, 5) is 22.4. The molecule has 22 heavy (non-hydrogen) atoms. The zero-order chi connectivity index (χ0) is 16.7. The standard InChI is InChI=1S/C15H18FNO5/c1-3-6-22-15(21)17-13(9(2)18)8-10-4-5-12(16)11(7-10)14(19)20/h3-5,7,9,13,18H,1,6,8H2,2H3,(H,17,21)(H,19,20). The average molecular weight is 311 g/mol. The van der Waals surface area contributed by atoms with Crippen molar-refractivity contribution in [3.63, 3.8) is 0 Å². The molecule has 0 bridgehead atoms. The SMILES string of the molecule is C=CCOC(=O)NC(Cc1ccc(F)c(C(=O)O)c1)C(C)O. The maximum Gasteiger partial charge on any atom is 0.407 e. The van der Waals surface area contributed by atoms with E-state index >= 15 is 0 Å². The van der Waals surface area contributed by atoms with Crippen LogP contribution in [-0.2, 0) is 11.2 Å². The lowest BCUT2D eigenvalue weighted by molar-refractivity contribution is 0.0691. The minimum atomic E-state index is -1.38. The number of hydrogen-bond acceptors (Lipinski definition) is 4. The van der Waals surface area contributed by atoms with Crippen LogP contribution >= 0.6 is 0 Å². The Labute approximate surface area is 127 Å². The number of benzene rings is 1. The minimum absolute atomic E-state index is 0.0259. The lowest BCUT2D eigenvalue weighted by Gasteiger charge is -2.21. The molecule has 1 aromatic rings. The van der Waals surface area contributed by atoms with Crippen LogP contribution in [0.1, 0.15) is 22.8 Å². The Bertz CT molecular complexity index is 559. The third-order valence-electron chi connectivity index (χ3n) is 2.93. The van der Waals surface area contributed by atoms with Gasteiger partial charge in [0.2, 0.25) is 0 Å². The van der Waals surface area contributed by atoms with Crippen LogP contribution in [0.15, 0.2) is 30.9 Å². The summed E-state index contributed by atoms with van der Waals surface area (Å²) in [5, 5.41) is 21.1. The highest BCUT2D eigenvalue weighted by Gasteiger charge is 2.20.